The Morgan fingerprint density at radius 3 is 2.64 bits per heavy atom. The van der Waals surface area contributed by atoms with Crippen LogP contribution in [0.4, 0.5) is 10.2 Å². The van der Waals surface area contributed by atoms with E-state index in [2.05, 4.69) is 10.3 Å². The van der Waals surface area contributed by atoms with Crippen LogP contribution in [0.25, 0.3) is 5.69 Å². The Labute approximate surface area is 142 Å². The van der Waals surface area contributed by atoms with Crippen molar-refractivity contribution in [3.8, 4) is 11.4 Å². The fourth-order valence-electron chi connectivity index (χ4n) is 2.25. The van der Waals surface area contributed by atoms with Crippen molar-refractivity contribution < 1.29 is 13.9 Å². The van der Waals surface area contributed by atoms with Gasteiger partial charge in [-0.2, -0.15) is 0 Å². The molecule has 1 heterocycles. The third-order valence-corrected chi connectivity index (χ3v) is 3.51. The molecule has 0 aliphatic heterocycles. The molecule has 0 radical (unpaired) electrons. The highest BCUT2D eigenvalue weighted by Gasteiger charge is 2.12. The van der Waals surface area contributed by atoms with Crippen LogP contribution in [0, 0.1) is 5.82 Å². The Morgan fingerprint density at radius 1 is 1.20 bits per heavy atom. The molecule has 3 rings (SSSR count). The average molecular weight is 339 g/mol. The van der Waals surface area contributed by atoms with E-state index in [1.54, 1.807) is 31.4 Å². The summed E-state index contributed by atoms with van der Waals surface area (Å²) in [6.45, 7) is 0. The Morgan fingerprint density at radius 2 is 1.96 bits per heavy atom. The number of hydrogen-bond acceptors (Lipinski definition) is 4. The van der Waals surface area contributed by atoms with E-state index in [0.29, 0.717) is 11.4 Å². The largest absolute Gasteiger partial charge is 0.497 e. The fraction of sp³-hybridized carbons (Fsp3) is 0.0556. The van der Waals surface area contributed by atoms with Crippen LogP contribution >= 0.6 is 0 Å². The van der Waals surface area contributed by atoms with Crippen LogP contribution in [0.5, 0.6) is 5.75 Å². The van der Waals surface area contributed by atoms with E-state index < -0.39 is 17.3 Å². The van der Waals surface area contributed by atoms with E-state index in [1.165, 1.54) is 35.2 Å². The first-order valence-corrected chi connectivity index (χ1v) is 7.37. The van der Waals surface area contributed by atoms with E-state index in [4.69, 9.17) is 4.74 Å². The maximum Gasteiger partial charge on any atom is 0.298 e. The molecule has 0 saturated heterocycles. The molecule has 0 aliphatic rings. The third kappa shape index (κ3) is 3.55. The molecule has 25 heavy (non-hydrogen) atoms. The predicted molar refractivity (Wildman–Crippen MR) is 90.7 cm³/mol. The van der Waals surface area contributed by atoms with Gasteiger partial charge in [0.15, 0.2) is 5.82 Å². The van der Waals surface area contributed by atoms with Gasteiger partial charge in [0.25, 0.3) is 11.5 Å². The van der Waals surface area contributed by atoms with Gasteiger partial charge in [-0.15, -0.1) is 0 Å². The van der Waals surface area contributed by atoms with Crippen molar-refractivity contribution in [1.82, 2.24) is 9.55 Å². The smallest absolute Gasteiger partial charge is 0.298 e. The van der Waals surface area contributed by atoms with Crippen molar-refractivity contribution in [3.63, 3.8) is 0 Å². The van der Waals surface area contributed by atoms with Crippen molar-refractivity contribution in [2.75, 3.05) is 12.4 Å². The van der Waals surface area contributed by atoms with Gasteiger partial charge in [-0.3, -0.25) is 14.2 Å². The highest BCUT2D eigenvalue weighted by molar-refractivity contribution is 6.03. The molecule has 0 atom stereocenters. The highest BCUT2D eigenvalue weighted by Crippen LogP contribution is 2.14. The lowest BCUT2D eigenvalue weighted by molar-refractivity contribution is 0.102. The van der Waals surface area contributed by atoms with Crippen molar-refractivity contribution >= 4 is 11.7 Å². The van der Waals surface area contributed by atoms with Crippen LogP contribution in [0.15, 0.2) is 65.7 Å². The zero-order valence-corrected chi connectivity index (χ0v) is 13.3. The number of nitrogens with one attached hydrogen (secondary N) is 1. The maximum absolute atomic E-state index is 13.2. The number of benzene rings is 2. The first kappa shape index (κ1) is 16.4. The number of hydrogen-bond donors (Lipinski definition) is 1. The Kier molecular flexibility index (Phi) is 4.56. The van der Waals surface area contributed by atoms with E-state index in [1.807, 2.05) is 0 Å². The van der Waals surface area contributed by atoms with Gasteiger partial charge < -0.3 is 10.1 Å². The predicted octanol–water partition coefficient (Wildman–Crippen LogP) is 2.63. The number of aromatic nitrogens is 2. The van der Waals surface area contributed by atoms with Crippen molar-refractivity contribution in [1.29, 1.82) is 0 Å². The Bertz CT molecular complexity index is 968. The first-order chi connectivity index (χ1) is 12.1. The minimum Gasteiger partial charge on any atom is -0.497 e. The summed E-state index contributed by atoms with van der Waals surface area (Å²) in [6, 6.07) is 12.0. The summed E-state index contributed by atoms with van der Waals surface area (Å²) in [6.07, 6.45) is 2.88. The standard InChI is InChI=1S/C18H14FN3O3/c1-25-15-7-5-14(6-8-15)22-10-9-20-16(18(22)24)21-17(23)12-3-2-4-13(19)11-12/h2-11H,1H3,(H,20,21,23). The van der Waals surface area contributed by atoms with Gasteiger partial charge in [0.2, 0.25) is 0 Å². The second-order valence-electron chi connectivity index (χ2n) is 5.11. The summed E-state index contributed by atoms with van der Waals surface area (Å²) in [5.41, 5.74) is 0.188. The quantitative estimate of drug-likeness (QED) is 0.793. The molecule has 126 valence electrons. The van der Waals surface area contributed by atoms with Gasteiger partial charge in [-0.05, 0) is 42.5 Å². The normalized spacial score (nSPS) is 10.3. The van der Waals surface area contributed by atoms with Crippen LogP contribution in [0.2, 0.25) is 0 Å². The fourth-order valence-corrected chi connectivity index (χ4v) is 2.25. The minimum absolute atomic E-state index is 0.0982. The lowest BCUT2D eigenvalue weighted by atomic mass is 10.2. The molecule has 0 bridgehead atoms. The van der Waals surface area contributed by atoms with E-state index >= 15 is 0 Å². The maximum atomic E-state index is 13.2. The van der Waals surface area contributed by atoms with Crippen molar-refractivity contribution in [3.05, 3.63) is 82.7 Å². The Balaban J connectivity index is 1.90. The second-order valence-corrected chi connectivity index (χ2v) is 5.11. The van der Waals surface area contributed by atoms with E-state index in [-0.39, 0.29) is 11.4 Å². The zero-order chi connectivity index (χ0) is 17.8. The SMILES string of the molecule is COc1ccc(-n2ccnc(NC(=O)c3cccc(F)c3)c2=O)cc1. The summed E-state index contributed by atoms with van der Waals surface area (Å²) >= 11 is 0. The average Bonchev–Trinajstić information content (AvgIpc) is 2.63. The molecular weight excluding hydrogens is 325 g/mol. The summed E-state index contributed by atoms with van der Waals surface area (Å²) in [7, 11) is 1.55. The molecule has 1 N–H and O–H groups in total. The molecule has 1 amide bonds. The summed E-state index contributed by atoms with van der Waals surface area (Å²) in [5.74, 6) is -0.640. The molecule has 1 aromatic heterocycles. The van der Waals surface area contributed by atoms with Crippen LogP contribution in [0.3, 0.4) is 0 Å². The number of anilines is 1. The van der Waals surface area contributed by atoms with Crippen LogP contribution in [-0.2, 0) is 0 Å². The summed E-state index contributed by atoms with van der Waals surface area (Å²) in [4.78, 5) is 28.6. The van der Waals surface area contributed by atoms with Gasteiger partial charge in [0.05, 0.1) is 7.11 Å². The number of ether oxygens (including phenoxy) is 1. The molecular formula is C18H14FN3O3. The minimum atomic E-state index is -0.614. The number of nitrogens with zero attached hydrogens (tertiary/aromatic N) is 2. The highest BCUT2D eigenvalue weighted by atomic mass is 19.1. The monoisotopic (exact) mass is 339 g/mol. The number of methoxy groups -OCH3 is 1. The molecule has 3 aromatic rings. The summed E-state index contributed by atoms with van der Waals surface area (Å²) in [5, 5.41) is 2.41. The van der Waals surface area contributed by atoms with Gasteiger partial charge in [-0.1, -0.05) is 6.07 Å². The lowest BCUT2D eigenvalue weighted by Gasteiger charge is -2.09. The van der Waals surface area contributed by atoms with E-state index in [0.717, 1.165) is 6.07 Å². The molecule has 6 nitrogen and oxygen atoms in total. The van der Waals surface area contributed by atoms with Gasteiger partial charge in [0, 0.05) is 23.6 Å². The van der Waals surface area contributed by atoms with Crippen LogP contribution in [-0.4, -0.2) is 22.6 Å². The molecule has 0 fully saturated rings. The summed E-state index contributed by atoms with van der Waals surface area (Å²) < 4.78 is 19.6. The van der Waals surface area contributed by atoms with Crippen LogP contribution in [0.1, 0.15) is 10.4 Å². The number of amides is 1. The number of rotatable bonds is 4. The molecule has 0 saturated carbocycles. The second kappa shape index (κ2) is 6.96. The van der Waals surface area contributed by atoms with Crippen LogP contribution < -0.4 is 15.6 Å². The van der Waals surface area contributed by atoms with Gasteiger partial charge in [0.1, 0.15) is 11.6 Å². The first-order valence-electron chi connectivity index (χ1n) is 7.37. The third-order valence-electron chi connectivity index (χ3n) is 3.51. The Hall–Kier alpha value is -3.48. The zero-order valence-electron chi connectivity index (χ0n) is 13.3. The topological polar surface area (TPSA) is 73.2 Å². The number of halogens is 1. The van der Waals surface area contributed by atoms with E-state index in [9.17, 15) is 14.0 Å². The van der Waals surface area contributed by atoms with Gasteiger partial charge >= 0.3 is 0 Å². The molecule has 0 aliphatic carbocycles. The molecule has 2 aromatic carbocycles. The number of carbonyl (C=O) groups excluding carboxylic acids is 1. The molecule has 0 unspecified atom stereocenters. The van der Waals surface area contributed by atoms with Crippen molar-refractivity contribution in [2.24, 2.45) is 0 Å². The number of carbonyl (C=O) groups is 1. The lowest BCUT2D eigenvalue weighted by Crippen LogP contribution is -2.26. The van der Waals surface area contributed by atoms with Crippen molar-refractivity contribution in [2.45, 2.75) is 0 Å². The van der Waals surface area contributed by atoms with Gasteiger partial charge in [-0.25, -0.2) is 9.37 Å². The molecule has 7 heteroatoms. The molecule has 0 spiro atoms.